The molecule has 0 N–H and O–H groups in total. The molecule has 1 aromatic carbocycles. The molecule has 0 saturated carbocycles. The lowest BCUT2D eigenvalue weighted by atomic mass is 10.2. The number of carbonyl (C=O) groups is 1. The summed E-state index contributed by atoms with van der Waals surface area (Å²) in [6.45, 7) is 1.29. The van der Waals surface area contributed by atoms with E-state index in [1.54, 1.807) is 30.3 Å². The maximum Gasteiger partial charge on any atom is 0.329 e. The SMILES string of the molecule is COCCN(CCOc1c(Cl)cc(C=C(Cl)Cl)cc1Cl)C(=O)n1ccnc1. The summed E-state index contributed by atoms with van der Waals surface area (Å²) in [5, 5.41) is 0.625. The Morgan fingerprint density at radius 2 is 1.89 bits per heavy atom. The summed E-state index contributed by atoms with van der Waals surface area (Å²) in [5.41, 5.74) is 0.648. The number of methoxy groups -OCH3 is 1. The van der Waals surface area contributed by atoms with Gasteiger partial charge in [0.1, 0.15) is 17.4 Å². The molecule has 2 rings (SSSR count). The summed E-state index contributed by atoms with van der Waals surface area (Å²) >= 11 is 23.7. The van der Waals surface area contributed by atoms with Gasteiger partial charge in [0.05, 0.1) is 23.2 Å². The van der Waals surface area contributed by atoms with Crippen molar-refractivity contribution < 1.29 is 14.3 Å². The number of aromatic nitrogens is 2. The number of halogens is 4. The van der Waals surface area contributed by atoms with Crippen LogP contribution in [0.2, 0.25) is 10.0 Å². The third-order valence-corrected chi connectivity index (χ3v) is 4.24. The second-order valence-corrected chi connectivity index (χ2v) is 7.15. The highest BCUT2D eigenvalue weighted by atomic mass is 35.5. The zero-order valence-corrected chi connectivity index (χ0v) is 17.4. The number of carbonyl (C=O) groups excluding carboxylic acids is 1. The van der Waals surface area contributed by atoms with Crippen molar-refractivity contribution in [3.63, 3.8) is 0 Å². The van der Waals surface area contributed by atoms with Gasteiger partial charge in [-0.15, -0.1) is 0 Å². The highest BCUT2D eigenvalue weighted by Gasteiger charge is 2.16. The first-order valence-corrected chi connectivity index (χ1v) is 9.34. The van der Waals surface area contributed by atoms with Crippen LogP contribution in [0.25, 0.3) is 6.08 Å². The molecule has 0 spiro atoms. The lowest BCUT2D eigenvalue weighted by Gasteiger charge is -2.22. The highest BCUT2D eigenvalue weighted by molar-refractivity contribution is 6.57. The Morgan fingerprint density at radius 1 is 1.22 bits per heavy atom. The monoisotopic (exact) mass is 451 g/mol. The van der Waals surface area contributed by atoms with E-state index in [1.807, 2.05) is 0 Å². The molecule has 0 fully saturated rings. The van der Waals surface area contributed by atoms with Crippen LogP contribution in [0.1, 0.15) is 5.56 Å². The first kappa shape index (κ1) is 21.9. The lowest BCUT2D eigenvalue weighted by Crippen LogP contribution is -2.39. The standard InChI is InChI=1S/C17H17Cl4N3O3/c1-26-6-4-23(17(25)24-3-2-22-11-24)5-7-27-16-13(18)8-12(9-14(16)19)10-15(20)21/h2-3,8-11H,4-7H2,1H3. The number of benzene rings is 1. The van der Waals surface area contributed by atoms with Gasteiger partial charge in [-0.1, -0.05) is 46.4 Å². The lowest BCUT2D eigenvalue weighted by molar-refractivity contribution is 0.140. The van der Waals surface area contributed by atoms with Gasteiger partial charge in [-0.2, -0.15) is 0 Å². The van der Waals surface area contributed by atoms with Crippen LogP contribution >= 0.6 is 46.4 Å². The number of rotatable bonds is 8. The Kier molecular flexibility index (Phi) is 8.73. The molecule has 0 aliphatic rings. The summed E-state index contributed by atoms with van der Waals surface area (Å²) in [4.78, 5) is 18.0. The van der Waals surface area contributed by atoms with Crippen LogP contribution < -0.4 is 4.74 Å². The van der Waals surface area contributed by atoms with E-state index in [0.29, 0.717) is 41.1 Å². The first-order valence-electron chi connectivity index (χ1n) is 7.83. The van der Waals surface area contributed by atoms with Crippen molar-refractivity contribution in [2.75, 3.05) is 33.4 Å². The molecular weight excluding hydrogens is 436 g/mol. The van der Waals surface area contributed by atoms with Crippen LogP contribution in [0.4, 0.5) is 4.79 Å². The van der Waals surface area contributed by atoms with Gasteiger partial charge in [0, 0.05) is 26.0 Å². The van der Waals surface area contributed by atoms with Crippen LogP contribution in [-0.2, 0) is 4.74 Å². The number of amides is 1. The second kappa shape index (κ2) is 10.8. The molecular formula is C17H17Cl4N3O3. The van der Waals surface area contributed by atoms with Gasteiger partial charge in [-0.25, -0.2) is 9.78 Å². The van der Waals surface area contributed by atoms with Crippen molar-refractivity contribution in [3.8, 4) is 5.75 Å². The van der Waals surface area contributed by atoms with E-state index in [1.165, 1.54) is 23.2 Å². The molecule has 6 nitrogen and oxygen atoms in total. The maximum atomic E-state index is 12.5. The van der Waals surface area contributed by atoms with Crippen LogP contribution in [0, 0.1) is 0 Å². The Bertz CT molecular complexity index is 770. The molecule has 1 amide bonds. The molecule has 0 saturated heterocycles. The summed E-state index contributed by atoms with van der Waals surface area (Å²) < 4.78 is 12.2. The van der Waals surface area contributed by atoms with Crippen molar-refractivity contribution >= 4 is 58.5 Å². The average molecular weight is 453 g/mol. The highest BCUT2D eigenvalue weighted by Crippen LogP contribution is 2.35. The molecule has 1 aromatic heterocycles. The van der Waals surface area contributed by atoms with Crippen molar-refractivity contribution in [2.45, 2.75) is 0 Å². The van der Waals surface area contributed by atoms with Crippen LogP contribution in [0.15, 0.2) is 35.3 Å². The fourth-order valence-electron chi connectivity index (χ4n) is 2.22. The molecule has 0 radical (unpaired) electrons. The predicted molar refractivity (Wildman–Crippen MR) is 108 cm³/mol. The molecule has 0 atom stereocenters. The summed E-state index contributed by atoms with van der Waals surface area (Å²) in [6.07, 6.45) is 6.06. The van der Waals surface area contributed by atoms with E-state index in [-0.39, 0.29) is 17.1 Å². The minimum Gasteiger partial charge on any atom is -0.489 e. The van der Waals surface area contributed by atoms with Crippen molar-refractivity contribution in [3.05, 3.63) is 51.0 Å². The Labute approximate surface area is 177 Å². The predicted octanol–water partition coefficient (Wildman–Crippen LogP) is 4.96. The Morgan fingerprint density at radius 3 is 2.44 bits per heavy atom. The van der Waals surface area contributed by atoms with Crippen molar-refractivity contribution in [2.24, 2.45) is 0 Å². The second-order valence-electron chi connectivity index (χ2n) is 5.33. The molecule has 0 bridgehead atoms. The van der Waals surface area contributed by atoms with E-state index in [9.17, 15) is 4.79 Å². The number of hydrogen-bond donors (Lipinski definition) is 0. The number of ether oxygens (including phenoxy) is 2. The first-order chi connectivity index (χ1) is 12.9. The maximum absolute atomic E-state index is 12.5. The van der Waals surface area contributed by atoms with Gasteiger partial charge >= 0.3 is 6.03 Å². The number of imidazole rings is 1. The smallest absolute Gasteiger partial charge is 0.329 e. The molecule has 1 heterocycles. The minimum absolute atomic E-state index is 0.0857. The van der Waals surface area contributed by atoms with Gasteiger partial charge in [0.25, 0.3) is 0 Å². The minimum atomic E-state index is -0.234. The Balaban J connectivity index is 2.03. The van der Waals surface area contributed by atoms with Crippen LogP contribution in [0.5, 0.6) is 5.75 Å². The van der Waals surface area contributed by atoms with Gasteiger partial charge in [0.2, 0.25) is 0 Å². The Hall–Kier alpha value is -1.44. The third-order valence-electron chi connectivity index (χ3n) is 3.47. The summed E-state index contributed by atoms with van der Waals surface area (Å²) in [5.74, 6) is 0.322. The molecule has 27 heavy (non-hydrogen) atoms. The van der Waals surface area contributed by atoms with E-state index >= 15 is 0 Å². The largest absolute Gasteiger partial charge is 0.489 e. The molecule has 0 aliphatic carbocycles. The van der Waals surface area contributed by atoms with Crippen LogP contribution in [-0.4, -0.2) is 53.9 Å². The van der Waals surface area contributed by atoms with E-state index in [4.69, 9.17) is 55.9 Å². The zero-order chi connectivity index (χ0) is 19.8. The van der Waals surface area contributed by atoms with Gasteiger partial charge in [-0.05, 0) is 23.8 Å². The fraction of sp³-hybridized carbons (Fsp3) is 0.294. The van der Waals surface area contributed by atoms with Gasteiger partial charge < -0.3 is 14.4 Å². The zero-order valence-electron chi connectivity index (χ0n) is 14.4. The summed E-state index contributed by atoms with van der Waals surface area (Å²) in [6, 6.07) is 3.03. The van der Waals surface area contributed by atoms with Crippen LogP contribution in [0.3, 0.4) is 0 Å². The molecule has 2 aromatic rings. The number of nitrogens with zero attached hydrogens (tertiary/aromatic N) is 3. The van der Waals surface area contributed by atoms with E-state index in [2.05, 4.69) is 4.98 Å². The summed E-state index contributed by atoms with van der Waals surface area (Å²) in [7, 11) is 1.57. The molecule has 0 unspecified atom stereocenters. The third kappa shape index (κ3) is 6.59. The molecule has 0 aliphatic heterocycles. The van der Waals surface area contributed by atoms with Gasteiger partial charge in [0.15, 0.2) is 5.75 Å². The van der Waals surface area contributed by atoms with E-state index < -0.39 is 0 Å². The average Bonchev–Trinajstić information content (AvgIpc) is 3.13. The normalized spacial score (nSPS) is 10.6. The van der Waals surface area contributed by atoms with Gasteiger partial charge in [-0.3, -0.25) is 4.57 Å². The van der Waals surface area contributed by atoms with E-state index in [0.717, 1.165) is 0 Å². The topological polar surface area (TPSA) is 56.6 Å². The van der Waals surface area contributed by atoms with Crippen molar-refractivity contribution in [1.82, 2.24) is 14.5 Å². The fourth-order valence-corrected chi connectivity index (χ4v) is 3.09. The number of hydrogen-bond acceptors (Lipinski definition) is 4. The van der Waals surface area contributed by atoms with Crippen molar-refractivity contribution in [1.29, 1.82) is 0 Å². The molecule has 10 heteroatoms. The quantitative estimate of drug-likeness (QED) is 0.567. The molecule has 146 valence electrons.